The van der Waals surface area contributed by atoms with Gasteiger partial charge in [-0.3, -0.25) is 0 Å². The van der Waals surface area contributed by atoms with Gasteiger partial charge in [-0.1, -0.05) is 19.1 Å². The number of oxazole rings is 1. The van der Waals surface area contributed by atoms with Crippen LogP contribution in [0.4, 0.5) is 0 Å². The van der Waals surface area contributed by atoms with E-state index in [0.717, 1.165) is 36.5 Å². The van der Waals surface area contributed by atoms with Crippen molar-refractivity contribution >= 4 is 11.1 Å². The molecular formula is C14H18N2O. The van der Waals surface area contributed by atoms with Crippen LogP contribution in [0.5, 0.6) is 0 Å². The number of hydrogen-bond donors (Lipinski definition) is 1. The van der Waals surface area contributed by atoms with Gasteiger partial charge >= 0.3 is 0 Å². The normalized spacial score (nSPS) is 20.9. The van der Waals surface area contributed by atoms with Gasteiger partial charge in [0.15, 0.2) is 11.5 Å². The first-order valence-electron chi connectivity index (χ1n) is 6.47. The Balaban J connectivity index is 2.00. The first kappa shape index (κ1) is 10.8. The minimum atomic E-state index is 0.445. The monoisotopic (exact) mass is 230 g/mol. The van der Waals surface area contributed by atoms with Gasteiger partial charge in [0, 0.05) is 12.5 Å². The van der Waals surface area contributed by atoms with Crippen molar-refractivity contribution in [3.8, 4) is 0 Å². The van der Waals surface area contributed by atoms with Gasteiger partial charge in [0.25, 0.3) is 0 Å². The van der Waals surface area contributed by atoms with E-state index < -0.39 is 0 Å². The zero-order valence-electron chi connectivity index (χ0n) is 10.2. The molecule has 1 unspecified atom stereocenters. The van der Waals surface area contributed by atoms with E-state index in [1.54, 1.807) is 0 Å². The van der Waals surface area contributed by atoms with Crippen LogP contribution in [0.25, 0.3) is 11.1 Å². The number of aryl methyl sites for hydroxylation is 1. The topological polar surface area (TPSA) is 38.1 Å². The molecule has 1 atom stereocenters. The molecule has 0 radical (unpaired) electrons. The van der Waals surface area contributed by atoms with E-state index in [2.05, 4.69) is 29.4 Å². The van der Waals surface area contributed by atoms with Crippen molar-refractivity contribution in [2.45, 2.75) is 32.1 Å². The number of para-hydroxylation sites is 1. The molecule has 0 spiro atoms. The fourth-order valence-corrected chi connectivity index (χ4v) is 2.54. The van der Waals surface area contributed by atoms with Gasteiger partial charge in [-0.15, -0.1) is 0 Å². The van der Waals surface area contributed by atoms with E-state index in [1.165, 1.54) is 18.4 Å². The Morgan fingerprint density at radius 2 is 2.41 bits per heavy atom. The van der Waals surface area contributed by atoms with Crippen molar-refractivity contribution < 1.29 is 4.42 Å². The van der Waals surface area contributed by atoms with Gasteiger partial charge in [0.1, 0.15) is 5.52 Å². The molecule has 0 aliphatic carbocycles. The summed E-state index contributed by atoms with van der Waals surface area (Å²) >= 11 is 0. The zero-order chi connectivity index (χ0) is 11.7. The van der Waals surface area contributed by atoms with E-state index in [9.17, 15) is 0 Å². The second kappa shape index (κ2) is 4.49. The maximum absolute atomic E-state index is 5.98. The second-order valence-electron chi connectivity index (χ2n) is 4.71. The maximum Gasteiger partial charge on any atom is 0.199 e. The van der Waals surface area contributed by atoms with Gasteiger partial charge in [-0.05, 0) is 37.4 Å². The highest BCUT2D eigenvalue weighted by atomic mass is 16.3. The van der Waals surface area contributed by atoms with Gasteiger partial charge in [0.2, 0.25) is 0 Å². The SMILES string of the molecule is CCc1cccc2nc(C3CCCNC3)oc12. The molecule has 1 saturated heterocycles. The highest BCUT2D eigenvalue weighted by Crippen LogP contribution is 2.28. The van der Waals surface area contributed by atoms with Crippen LogP contribution in [0.2, 0.25) is 0 Å². The summed E-state index contributed by atoms with van der Waals surface area (Å²) in [7, 11) is 0. The lowest BCUT2D eigenvalue weighted by Gasteiger charge is -2.19. The van der Waals surface area contributed by atoms with Crippen molar-refractivity contribution in [3.05, 3.63) is 29.7 Å². The molecule has 0 amide bonds. The first-order valence-corrected chi connectivity index (χ1v) is 6.47. The summed E-state index contributed by atoms with van der Waals surface area (Å²) in [6.07, 6.45) is 3.39. The average molecular weight is 230 g/mol. The summed E-state index contributed by atoms with van der Waals surface area (Å²) in [5.41, 5.74) is 3.24. The summed E-state index contributed by atoms with van der Waals surface area (Å²) in [5, 5.41) is 3.41. The second-order valence-corrected chi connectivity index (χ2v) is 4.71. The lowest BCUT2D eigenvalue weighted by Crippen LogP contribution is -2.28. The Hall–Kier alpha value is -1.35. The van der Waals surface area contributed by atoms with E-state index in [0.29, 0.717) is 5.92 Å². The third kappa shape index (κ3) is 1.95. The highest BCUT2D eigenvalue weighted by Gasteiger charge is 2.21. The molecule has 2 heterocycles. The third-order valence-corrected chi connectivity index (χ3v) is 3.54. The molecule has 3 heteroatoms. The number of benzene rings is 1. The lowest BCUT2D eigenvalue weighted by molar-refractivity contribution is 0.387. The summed E-state index contributed by atoms with van der Waals surface area (Å²) in [4.78, 5) is 4.64. The maximum atomic E-state index is 5.98. The largest absolute Gasteiger partial charge is 0.440 e. The summed E-state index contributed by atoms with van der Waals surface area (Å²) in [6.45, 7) is 4.27. The predicted molar refractivity (Wildman–Crippen MR) is 68.2 cm³/mol. The van der Waals surface area contributed by atoms with Crippen LogP contribution in [-0.4, -0.2) is 18.1 Å². The minimum Gasteiger partial charge on any atom is -0.440 e. The molecule has 1 aliphatic heterocycles. The van der Waals surface area contributed by atoms with Crippen LogP contribution >= 0.6 is 0 Å². The van der Waals surface area contributed by atoms with E-state index >= 15 is 0 Å². The van der Waals surface area contributed by atoms with Crippen molar-refractivity contribution in [1.29, 1.82) is 0 Å². The molecule has 1 aliphatic rings. The van der Waals surface area contributed by atoms with Crippen LogP contribution in [0, 0.1) is 0 Å². The van der Waals surface area contributed by atoms with Crippen molar-refractivity contribution in [3.63, 3.8) is 0 Å². The van der Waals surface area contributed by atoms with E-state index in [-0.39, 0.29) is 0 Å². The van der Waals surface area contributed by atoms with E-state index in [1.807, 2.05) is 6.07 Å². The van der Waals surface area contributed by atoms with Crippen LogP contribution < -0.4 is 5.32 Å². The minimum absolute atomic E-state index is 0.445. The number of nitrogens with one attached hydrogen (secondary N) is 1. The molecular weight excluding hydrogens is 212 g/mol. The summed E-state index contributed by atoms with van der Waals surface area (Å²) in [5.74, 6) is 1.36. The van der Waals surface area contributed by atoms with Gasteiger partial charge in [-0.25, -0.2) is 4.98 Å². The fraction of sp³-hybridized carbons (Fsp3) is 0.500. The number of nitrogens with zero attached hydrogens (tertiary/aromatic N) is 1. The van der Waals surface area contributed by atoms with Crippen LogP contribution in [0.3, 0.4) is 0 Å². The summed E-state index contributed by atoms with van der Waals surface area (Å²) < 4.78 is 5.98. The molecule has 1 fully saturated rings. The van der Waals surface area contributed by atoms with Gasteiger partial charge < -0.3 is 9.73 Å². The fourth-order valence-electron chi connectivity index (χ4n) is 2.54. The number of rotatable bonds is 2. The lowest BCUT2D eigenvalue weighted by atomic mass is 10.00. The third-order valence-electron chi connectivity index (χ3n) is 3.54. The van der Waals surface area contributed by atoms with Gasteiger partial charge in [0.05, 0.1) is 0 Å². The molecule has 17 heavy (non-hydrogen) atoms. The molecule has 0 bridgehead atoms. The molecule has 90 valence electrons. The Morgan fingerprint density at radius 3 is 3.18 bits per heavy atom. The Morgan fingerprint density at radius 1 is 1.47 bits per heavy atom. The Labute approximate surface area is 101 Å². The smallest absolute Gasteiger partial charge is 0.199 e. The molecule has 1 aromatic heterocycles. The molecule has 3 rings (SSSR count). The van der Waals surface area contributed by atoms with Crippen molar-refractivity contribution in [2.24, 2.45) is 0 Å². The summed E-state index contributed by atoms with van der Waals surface area (Å²) in [6, 6.07) is 6.22. The number of piperidine rings is 1. The molecule has 3 nitrogen and oxygen atoms in total. The molecule has 0 saturated carbocycles. The first-order chi connectivity index (χ1) is 8.38. The zero-order valence-corrected chi connectivity index (χ0v) is 10.2. The Kier molecular flexibility index (Phi) is 2.85. The molecule has 1 aromatic carbocycles. The number of aromatic nitrogens is 1. The Bertz CT molecular complexity index is 512. The number of hydrogen-bond acceptors (Lipinski definition) is 3. The van der Waals surface area contributed by atoms with Crippen molar-refractivity contribution in [2.75, 3.05) is 13.1 Å². The standard InChI is InChI=1S/C14H18N2O/c1-2-10-5-3-7-12-13(10)17-14(16-12)11-6-4-8-15-9-11/h3,5,7,11,15H,2,4,6,8-9H2,1H3. The van der Waals surface area contributed by atoms with Gasteiger partial charge in [-0.2, -0.15) is 0 Å². The van der Waals surface area contributed by atoms with E-state index in [4.69, 9.17) is 4.42 Å². The molecule has 1 N–H and O–H groups in total. The molecule has 2 aromatic rings. The van der Waals surface area contributed by atoms with Crippen LogP contribution in [-0.2, 0) is 6.42 Å². The highest BCUT2D eigenvalue weighted by molar-refractivity contribution is 5.76. The van der Waals surface area contributed by atoms with Crippen LogP contribution in [0.15, 0.2) is 22.6 Å². The average Bonchev–Trinajstić information content (AvgIpc) is 2.83. The number of fused-ring (bicyclic) bond motifs is 1. The van der Waals surface area contributed by atoms with Crippen LogP contribution in [0.1, 0.15) is 37.1 Å². The predicted octanol–water partition coefficient (Wildman–Crippen LogP) is 2.86. The quantitative estimate of drug-likeness (QED) is 0.862. The van der Waals surface area contributed by atoms with Crippen molar-refractivity contribution in [1.82, 2.24) is 10.3 Å².